The largest absolute Gasteiger partial charge is 0.326 e. The number of carbonyl (C=O) groups is 3. The lowest BCUT2D eigenvalue weighted by Gasteiger charge is -2.08. The number of hydrazone groups is 1. The lowest BCUT2D eigenvalue weighted by atomic mass is 10.1. The van der Waals surface area contributed by atoms with Crippen molar-refractivity contribution in [3.8, 4) is 0 Å². The van der Waals surface area contributed by atoms with E-state index in [0.717, 1.165) is 16.8 Å². The van der Waals surface area contributed by atoms with Gasteiger partial charge in [-0.2, -0.15) is 5.10 Å². The fourth-order valence-electron chi connectivity index (χ4n) is 2.64. The predicted octanol–water partition coefficient (Wildman–Crippen LogP) is 3.40. The molecule has 0 unspecified atom stereocenters. The van der Waals surface area contributed by atoms with Gasteiger partial charge in [0, 0.05) is 29.6 Å². The zero-order valence-electron chi connectivity index (χ0n) is 16.4. The quantitative estimate of drug-likeness (QED) is 0.529. The van der Waals surface area contributed by atoms with Gasteiger partial charge >= 0.3 is 0 Å². The summed E-state index contributed by atoms with van der Waals surface area (Å²) in [4.78, 5) is 35.3. The molecular formula is C21H24N4O3. The Morgan fingerprint density at radius 1 is 0.857 bits per heavy atom. The molecule has 2 aromatic rings. The van der Waals surface area contributed by atoms with Crippen LogP contribution >= 0.6 is 0 Å². The fraction of sp³-hybridized carbons (Fsp3) is 0.238. The van der Waals surface area contributed by atoms with Gasteiger partial charge in [-0.25, -0.2) is 5.43 Å². The van der Waals surface area contributed by atoms with Gasteiger partial charge in [-0.15, -0.1) is 0 Å². The van der Waals surface area contributed by atoms with E-state index in [1.807, 2.05) is 32.0 Å². The van der Waals surface area contributed by atoms with Crippen molar-refractivity contribution in [2.24, 2.45) is 5.10 Å². The standard InChI is InChI=1S/C21H24N4O3/c1-13-9-14(2)11-19(10-13)23-20(27)12-15(3)24-25-21(28)17-5-7-18(8-6-17)22-16(4)26/h5-11H,12H2,1-4H3,(H,22,26)(H,23,27)(H,25,28)/b24-15+. The highest BCUT2D eigenvalue weighted by atomic mass is 16.2. The highest BCUT2D eigenvalue weighted by Crippen LogP contribution is 2.14. The molecule has 28 heavy (non-hydrogen) atoms. The second kappa shape index (κ2) is 9.45. The third kappa shape index (κ3) is 6.68. The van der Waals surface area contributed by atoms with Crippen molar-refractivity contribution in [3.05, 3.63) is 59.2 Å². The Labute approximate surface area is 164 Å². The van der Waals surface area contributed by atoms with Crippen LogP contribution in [0.15, 0.2) is 47.6 Å². The van der Waals surface area contributed by atoms with Gasteiger partial charge in [0.2, 0.25) is 11.8 Å². The summed E-state index contributed by atoms with van der Waals surface area (Å²) < 4.78 is 0. The molecule has 0 atom stereocenters. The van der Waals surface area contributed by atoms with Crippen molar-refractivity contribution >= 4 is 34.8 Å². The van der Waals surface area contributed by atoms with Crippen LogP contribution in [-0.4, -0.2) is 23.4 Å². The summed E-state index contributed by atoms with van der Waals surface area (Å²) in [5, 5.41) is 9.43. The van der Waals surface area contributed by atoms with Gasteiger partial charge in [0.05, 0.1) is 6.42 Å². The van der Waals surface area contributed by atoms with Crippen molar-refractivity contribution in [3.63, 3.8) is 0 Å². The van der Waals surface area contributed by atoms with Crippen molar-refractivity contribution in [1.82, 2.24) is 5.43 Å². The lowest BCUT2D eigenvalue weighted by Crippen LogP contribution is -2.21. The van der Waals surface area contributed by atoms with Gasteiger partial charge in [-0.3, -0.25) is 14.4 Å². The highest BCUT2D eigenvalue weighted by molar-refractivity contribution is 6.06. The molecule has 0 saturated heterocycles. The van der Waals surface area contributed by atoms with E-state index < -0.39 is 5.91 Å². The Hall–Kier alpha value is -3.48. The Balaban J connectivity index is 1.89. The lowest BCUT2D eigenvalue weighted by molar-refractivity contribution is -0.115. The molecule has 3 N–H and O–H groups in total. The minimum atomic E-state index is -0.400. The van der Waals surface area contributed by atoms with Crippen LogP contribution in [0.3, 0.4) is 0 Å². The average Bonchev–Trinajstić information content (AvgIpc) is 2.58. The summed E-state index contributed by atoms with van der Waals surface area (Å²) in [6, 6.07) is 12.2. The van der Waals surface area contributed by atoms with Gasteiger partial charge in [-0.1, -0.05) is 6.07 Å². The van der Waals surface area contributed by atoms with E-state index in [-0.39, 0.29) is 18.2 Å². The number of rotatable bonds is 6. The van der Waals surface area contributed by atoms with Crippen LogP contribution in [0.5, 0.6) is 0 Å². The smallest absolute Gasteiger partial charge is 0.271 e. The van der Waals surface area contributed by atoms with E-state index in [4.69, 9.17) is 0 Å². The summed E-state index contributed by atoms with van der Waals surface area (Å²) in [6.45, 7) is 7.01. The molecule has 0 heterocycles. The Morgan fingerprint density at radius 3 is 2.04 bits per heavy atom. The van der Waals surface area contributed by atoms with Crippen molar-refractivity contribution in [2.45, 2.75) is 34.1 Å². The molecule has 0 saturated carbocycles. The van der Waals surface area contributed by atoms with Gasteiger partial charge in [-0.05, 0) is 68.3 Å². The zero-order valence-corrected chi connectivity index (χ0v) is 16.4. The molecule has 3 amide bonds. The zero-order chi connectivity index (χ0) is 20.7. The SMILES string of the molecule is CC(=O)Nc1ccc(C(=O)N/N=C(\C)CC(=O)Nc2cc(C)cc(C)c2)cc1. The topological polar surface area (TPSA) is 99.7 Å². The van der Waals surface area contributed by atoms with E-state index in [0.29, 0.717) is 17.0 Å². The third-order valence-electron chi connectivity index (χ3n) is 3.74. The Bertz CT molecular complexity index is 897. The Morgan fingerprint density at radius 2 is 1.46 bits per heavy atom. The first-order valence-electron chi connectivity index (χ1n) is 8.82. The number of benzene rings is 2. The number of hydrogen-bond donors (Lipinski definition) is 3. The highest BCUT2D eigenvalue weighted by Gasteiger charge is 2.08. The number of carbonyl (C=O) groups excluding carboxylic acids is 3. The summed E-state index contributed by atoms with van der Waals surface area (Å²) in [5.41, 5.74) is 6.77. The molecule has 0 aromatic heterocycles. The molecule has 2 aromatic carbocycles. The summed E-state index contributed by atoms with van der Waals surface area (Å²) in [5.74, 6) is -0.792. The average molecular weight is 380 g/mol. The van der Waals surface area contributed by atoms with Crippen molar-refractivity contribution in [2.75, 3.05) is 10.6 Å². The molecule has 0 aliphatic heterocycles. The number of nitrogens with zero attached hydrogens (tertiary/aromatic N) is 1. The second-order valence-corrected chi connectivity index (χ2v) is 6.65. The number of anilines is 2. The van der Waals surface area contributed by atoms with Gasteiger partial charge in [0.25, 0.3) is 5.91 Å². The van der Waals surface area contributed by atoms with Crippen LogP contribution in [0.2, 0.25) is 0 Å². The molecule has 7 heteroatoms. The molecule has 0 fully saturated rings. The van der Waals surface area contributed by atoms with Crippen LogP contribution < -0.4 is 16.1 Å². The molecule has 0 radical (unpaired) electrons. The number of aryl methyl sites for hydroxylation is 2. The molecule has 146 valence electrons. The summed E-state index contributed by atoms with van der Waals surface area (Å²) >= 11 is 0. The minimum absolute atomic E-state index is 0.0642. The maximum absolute atomic E-state index is 12.1. The number of nitrogens with one attached hydrogen (secondary N) is 3. The third-order valence-corrected chi connectivity index (χ3v) is 3.74. The van der Waals surface area contributed by atoms with E-state index in [2.05, 4.69) is 21.2 Å². The van der Waals surface area contributed by atoms with Crippen molar-refractivity contribution < 1.29 is 14.4 Å². The van der Waals surface area contributed by atoms with E-state index in [1.165, 1.54) is 6.92 Å². The van der Waals surface area contributed by atoms with Crippen LogP contribution in [0.4, 0.5) is 11.4 Å². The molecule has 2 rings (SSSR count). The first-order valence-corrected chi connectivity index (χ1v) is 8.82. The number of amides is 3. The summed E-state index contributed by atoms with van der Waals surface area (Å²) in [7, 11) is 0. The van der Waals surface area contributed by atoms with Gasteiger partial charge in [0.1, 0.15) is 0 Å². The van der Waals surface area contributed by atoms with Gasteiger partial charge in [0.15, 0.2) is 0 Å². The van der Waals surface area contributed by atoms with Gasteiger partial charge < -0.3 is 10.6 Å². The van der Waals surface area contributed by atoms with Crippen LogP contribution in [0.25, 0.3) is 0 Å². The molecule has 0 aliphatic rings. The normalized spacial score (nSPS) is 10.9. The minimum Gasteiger partial charge on any atom is -0.326 e. The maximum Gasteiger partial charge on any atom is 0.271 e. The van der Waals surface area contributed by atoms with Crippen LogP contribution in [-0.2, 0) is 9.59 Å². The molecule has 0 aliphatic carbocycles. The second-order valence-electron chi connectivity index (χ2n) is 6.65. The molecule has 0 bridgehead atoms. The van der Waals surface area contributed by atoms with E-state index in [1.54, 1.807) is 31.2 Å². The van der Waals surface area contributed by atoms with Crippen molar-refractivity contribution in [1.29, 1.82) is 0 Å². The van der Waals surface area contributed by atoms with E-state index >= 15 is 0 Å². The van der Waals surface area contributed by atoms with Crippen LogP contribution in [0.1, 0.15) is 41.8 Å². The fourth-order valence-corrected chi connectivity index (χ4v) is 2.64. The molecule has 0 spiro atoms. The maximum atomic E-state index is 12.1. The molecule has 7 nitrogen and oxygen atoms in total. The first-order chi connectivity index (χ1) is 13.2. The summed E-state index contributed by atoms with van der Waals surface area (Å²) in [6.07, 6.45) is 0.0642. The monoisotopic (exact) mass is 380 g/mol. The van der Waals surface area contributed by atoms with Crippen LogP contribution in [0, 0.1) is 13.8 Å². The number of hydrogen-bond acceptors (Lipinski definition) is 4. The molecular weight excluding hydrogens is 356 g/mol. The Kier molecular flexibility index (Phi) is 7.03. The first kappa shape index (κ1) is 20.8. The van der Waals surface area contributed by atoms with E-state index in [9.17, 15) is 14.4 Å². The predicted molar refractivity (Wildman–Crippen MR) is 110 cm³/mol.